The summed E-state index contributed by atoms with van der Waals surface area (Å²) >= 11 is 0. The van der Waals surface area contributed by atoms with Crippen LogP contribution in [0.15, 0.2) is 53.1 Å². The average molecular weight is 406 g/mol. The molecule has 2 aliphatic heterocycles. The van der Waals surface area contributed by atoms with Crippen LogP contribution < -0.4 is 0 Å². The highest BCUT2D eigenvalue weighted by Gasteiger charge is 2.35. The quantitative estimate of drug-likeness (QED) is 0.664. The Kier molecular flexibility index (Phi) is 5.04. The third-order valence-electron chi connectivity index (χ3n) is 5.96. The maximum atomic E-state index is 13.3. The number of likely N-dealkylation sites (tertiary alicyclic amines) is 1. The van der Waals surface area contributed by atoms with Gasteiger partial charge in [0, 0.05) is 25.2 Å². The molecular formula is C23H23FN4O2. The third kappa shape index (κ3) is 3.73. The summed E-state index contributed by atoms with van der Waals surface area (Å²) in [6.45, 7) is 2.72. The number of carbonyl (C=O) groups excluding carboxylic acids is 1. The van der Waals surface area contributed by atoms with E-state index in [9.17, 15) is 9.18 Å². The average Bonchev–Trinajstić information content (AvgIpc) is 3.46. The molecule has 3 heterocycles. The Hall–Kier alpha value is -3.06. The third-order valence-corrected chi connectivity index (χ3v) is 5.96. The molecule has 1 aromatic heterocycles. The lowest BCUT2D eigenvalue weighted by Crippen LogP contribution is -2.50. The van der Waals surface area contributed by atoms with Gasteiger partial charge in [-0.05, 0) is 54.7 Å². The summed E-state index contributed by atoms with van der Waals surface area (Å²) in [6.07, 6.45) is 2.82. The van der Waals surface area contributed by atoms with E-state index in [0.717, 1.165) is 25.9 Å². The minimum absolute atomic E-state index is 0.181. The van der Waals surface area contributed by atoms with Crippen LogP contribution in [0.25, 0.3) is 11.4 Å². The van der Waals surface area contributed by atoms with E-state index in [4.69, 9.17) is 4.52 Å². The molecule has 6 nitrogen and oxygen atoms in total. The number of rotatable bonds is 4. The Morgan fingerprint density at radius 1 is 1.07 bits per heavy atom. The summed E-state index contributed by atoms with van der Waals surface area (Å²) in [7, 11) is 0. The number of fused-ring (bicyclic) bond motifs is 1. The van der Waals surface area contributed by atoms with E-state index < -0.39 is 0 Å². The number of carbonyl (C=O) groups is 1. The number of hydrogen-bond donors (Lipinski definition) is 0. The standard InChI is InChI=1S/C23H23FN4O2/c24-19-9-7-16(8-10-19)22-25-21(30-26-22)15-28-14-18-6-2-1-5-17(18)13-20(28)23(29)27-11-3-4-12-27/h1-2,5-10,20H,3-4,11-15H2. The van der Waals surface area contributed by atoms with Crippen molar-refractivity contribution >= 4 is 5.91 Å². The summed E-state index contributed by atoms with van der Waals surface area (Å²) in [6, 6.07) is 14.0. The molecule has 154 valence electrons. The molecule has 5 rings (SSSR count). The van der Waals surface area contributed by atoms with Crippen LogP contribution in [-0.4, -0.2) is 45.0 Å². The topological polar surface area (TPSA) is 62.5 Å². The van der Waals surface area contributed by atoms with Crippen molar-refractivity contribution < 1.29 is 13.7 Å². The van der Waals surface area contributed by atoms with Crippen molar-refractivity contribution in [2.75, 3.05) is 13.1 Å². The molecular weight excluding hydrogens is 383 g/mol. The second kappa shape index (κ2) is 7.99. The largest absolute Gasteiger partial charge is 0.341 e. The molecule has 7 heteroatoms. The molecule has 0 N–H and O–H groups in total. The van der Waals surface area contributed by atoms with Gasteiger partial charge in [0.15, 0.2) is 0 Å². The molecule has 3 aromatic rings. The highest BCUT2D eigenvalue weighted by atomic mass is 19.1. The van der Waals surface area contributed by atoms with Crippen LogP contribution in [0.1, 0.15) is 29.9 Å². The van der Waals surface area contributed by atoms with Gasteiger partial charge in [-0.25, -0.2) is 4.39 Å². The van der Waals surface area contributed by atoms with Crippen LogP contribution in [0, 0.1) is 5.82 Å². The molecule has 1 amide bonds. The number of nitrogens with zero attached hydrogens (tertiary/aromatic N) is 4. The van der Waals surface area contributed by atoms with Crippen LogP contribution in [0.5, 0.6) is 0 Å². The summed E-state index contributed by atoms with van der Waals surface area (Å²) in [5.74, 6) is 0.746. The van der Waals surface area contributed by atoms with Gasteiger partial charge in [-0.3, -0.25) is 9.69 Å². The van der Waals surface area contributed by atoms with E-state index >= 15 is 0 Å². The van der Waals surface area contributed by atoms with Crippen molar-refractivity contribution in [3.05, 3.63) is 71.4 Å². The summed E-state index contributed by atoms with van der Waals surface area (Å²) in [4.78, 5) is 21.8. The number of aromatic nitrogens is 2. The molecule has 30 heavy (non-hydrogen) atoms. The molecule has 0 bridgehead atoms. The molecule has 0 radical (unpaired) electrons. The molecule has 1 atom stereocenters. The molecule has 0 spiro atoms. The van der Waals surface area contributed by atoms with E-state index in [1.165, 1.54) is 23.3 Å². The first kappa shape index (κ1) is 18.9. The van der Waals surface area contributed by atoms with E-state index in [-0.39, 0.29) is 17.8 Å². The Labute approximate surface area is 174 Å². The number of halogens is 1. The molecule has 0 saturated carbocycles. The van der Waals surface area contributed by atoms with Crippen LogP contribution in [-0.2, 0) is 24.3 Å². The molecule has 0 aliphatic carbocycles. The predicted molar refractivity (Wildman–Crippen MR) is 109 cm³/mol. The van der Waals surface area contributed by atoms with Gasteiger partial charge in [-0.15, -0.1) is 0 Å². The van der Waals surface area contributed by atoms with Gasteiger partial charge in [0.25, 0.3) is 0 Å². The van der Waals surface area contributed by atoms with Crippen LogP contribution >= 0.6 is 0 Å². The zero-order chi connectivity index (χ0) is 20.5. The Balaban J connectivity index is 1.39. The molecule has 2 aromatic carbocycles. The lowest BCUT2D eigenvalue weighted by Gasteiger charge is -2.37. The SMILES string of the molecule is O=C(C1Cc2ccccc2CN1Cc1nc(-c2ccc(F)cc2)no1)N1CCCC1. The van der Waals surface area contributed by atoms with Crippen LogP contribution in [0.2, 0.25) is 0 Å². The molecule has 1 fully saturated rings. The van der Waals surface area contributed by atoms with Crippen molar-refractivity contribution in [3.8, 4) is 11.4 Å². The van der Waals surface area contributed by atoms with E-state index in [1.54, 1.807) is 12.1 Å². The zero-order valence-corrected chi connectivity index (χ0v) is 16.6. The van der Waals surface area contributed by atoms with E-state index in [2.05, 4.69) is 27.2 Å². The first-order valence-corrected chi connectivity index (χ1v) is 10.4. The minimum atomic E-state index is -0.308. The Morgan fingerprint density at radius 3 is 2.57 bits per heavy atom. The van der Waals surface area contributed by atoms with Gasteiger partial charge in [0.2, 0.25) is 17.6 Å². The minimum Gasteiger partial charge on any atom is -0.341 e. The van der Waals surface area contributed by atoms with Gasteiger partial charge < -0.3 is 9.42 Å². The fourth-order valence-electron chi connectivity index (χ4n) is 4.34. The van der Waals surface area contributed by atoms with Crippen molar-refractivity contribution in [1.82, 2.24) is 19.9 Å². The monoisotopic (exact) mass is 406 g/mol. The highest BCUT2D eigenvalue weighted by molar-refractivity contribution is 5.82. The predicted octanol–water partition coefficient (Wildman–Crippen LogP) is 3.43. The molecule has 2 aliphatic rings. The fourth-order valence-corrected chi connectivity index (χ4v) is 4.34. The highest BCUT2D eigenvalue weighted by Crippen LogP contribution is 2.27. The number of amides is 1. The van der Waals surface area contributed by atoms with Gasteiger partial charge in [0.05, 0.1) is 12.6 Å². The summed E-state index contributed by atoms with van der Waals surface area (Å²) in [5, 5.41) is 4.04. The fraction of sp³-hybridized carbons (Fsp3) is 0.348. The van der Waals surface area contributed by atoms with E-state index in [1.807, 2.05) is 17.0 Å². The Morgan fingerprint density at radius 2 is 1.80 bits per heavy atom. The van der Waals surface area contributed by atoms with Crippen molar-refractivity contribution in [1.29, 1.82) is 0 Å². The first-order valence-electron chi connectivity index (χ1n) is 10.4. The van der Waals surface area contributed by atoms with Gasteiger partial charge >= 0.3 is 0 Å². The van der Waals surface area contributed by atoms with Crippen molar-refractivity contribution in [3.63, 3.8) is 0 Å². The normalized spacial score (nSPS) is 19.1. The van der Waals surface area contributed by atoms with Gasteiger partial charge in [-0.1, -0.05) is 29.4 Å². The second-order valence-electron chi connectivity index (χ2n) is 7.94. The maximum absolute atomic E-state index is 13.3. The first-order chi connectivity index (χ1) is 14.7. The summed E-state index contributed by atoms with van der Waals surface area (Å²) < 4.78 is 18.6. The molecule has 1 unspecified atom stereocenters. The zero-order valence-electron chi connectivity index (χ0n) is 16.6. The van der Waals surface area contributed by atoms with E-state index in [0.29, 0.717) is 36.8 Å². The van der Waals surface area contributed by atoms with Gasteiger partial charge in [0.1, 0.15) is 5.82 Å². The van der Waals surface area contributed by atoms with Crippen molar-refractivity contribution in [2.45, 2.75) is 38.4 Å². The van der Waals surface area contributed by atoms with Gasteiger partial charge in [-0.2, -0.15) is 4.98 Å². The van der Waals surface area contributed by atoms with Crippen LogP contribution in [0.3, 0.4) is 0 Å². The second-order valence-corrected chi connectivity index (χ2v) is 7.94. The van der Waals surface area contributed by atoms with Crippen molar-refractivity contribution in [2.24, 2.45) is 0 Å². The maximum Gasteiger partial charge on any atom is 0.241 e. The lowest BCUT2D eigenvalue weighted by molar-refractivity contribution is -0.137. The molecule has 1 saturated heterocycles. The Bertz CT molecular complexity index is 1040. The lowest BCUT2D eigenvalue weighted by atomic mass is 9.93. The van der Waals surface area contributed by atoms with Crippen LogP contribution in [0.4, 0.5) is 4.39 Å². The number of benzene rings is 2. The number of hydrogen-bond acceptors (Lipinski definition) is 5. The summed E-state index contributed by atoms with van der Waals surface area (Å²) in [5.41, 5.74) is 3.14. The smallest absolute Gasteiger partial charge is 0.241 e.